The number of rotatable bonds is 3. The highest BCUT2D eigenvalue weighted by molar-refractivity contribution is 7.00. The van der Waals surface area contributed by atoms with Crippen LogP contribution in [0, 0.1) is 0 Å². The second-order valence-electron chi connectivity index (χ2n) is 21.1. The van der Waals surface area contributed by atoms with Crippen molar-refractivity contribution in [2.75, 3.05) is 14.7 Å². The van der Waals surface area contributed by atoms with Crippen LogP contribution in [0.1, 0.15) is 111 Å². The quantitative estimate of drug-likeness (QED) is 0.166. The first-order chi connectivity index (χ1) is 27.4. The van der Waals surface area contributed by atoms with Crippen LogP contribution in [0.3, 0.4) is 0 Å². The number of nitrogens with zero attached hydrogens (tertiary/aromatic N) is 3. The predicted octanol–water partition coefficient (Wildman–Crippen LogP) is 12.6. The fourth-order valence-corrected chi connectivity index (χ4v) is 10.7. The van der Waals surface area contributed by atoms with Gasteiger partial charge in [0.15, 0.2) is 0 Å². The highest BCUT2D eigenvalue weighted by atomic mass is 15.3. The van der Waals surface area contributed by atoms with Crippen molar-refractivity contribution in [2.45, 2.75) is 116 Å². The predicted molar refractivity (Wildman–Crippen MR) is 250 cm³/mol. The van der Waals surface area contributed by atoms with E-state index in [0.717, 1.165) is 6.42 Å². The van der Waals surface area contributed by atoms with Crippen LogP contribution in [0.5, 0.6) is 0 Å². The fraction of sp³-hybridized carbons (Fsp3) is 0.333. The molecule has 6 aromatic carbocycles. The van der Waals surface area contributed by atoms with Crippen LogP contribution in [0.15, 0.2) is 127 Å². The smallest absolute Gasteiger partial charge is 0.252 e. The van der Waals surface area contributed by atoms with Crippen molar-refractivity contribution in [1.82, 2.24) is 0 Å². The lowest BCUT2D eigenvalue weighted by Crippen LogP contribution is -2.62. The molecule has 2 unspecified atom stereocenters. The Labute approximate surface area is 347 Å². The molecule has 10 rings (SSSR count). The lowest BCUT2D eigenvalue weighted by atomic mass is 9.33. The molecule has 0 aromatic heterocycles. The summed E-state index contributed by atoms with van der Waals surface area (Å²) in [5.74, 6) is 0. The Morgan fingerprint density at radius 1 is 0.448 bits per heavy atom. The van der Waals surface area contributed by atoms with Gasteiger partial charge in [-0.05, 0) is 129 Å². The molecule has 0 radical (unpaired) electrons. The van der Waals surface area contributed by atoms with E-state index >= 15 is 0 Å². The Kier molecular flexibility index (Phi) is 7.78. The van der Waals surface area contributed by atoms with Gasteiger partial charge in [-0.3, -0.25) is 0 Å². The van der Waals surface area contributed by atoms with Crippen LogP contribution in [-0.4, -0.2) is 12.3 Å². The average molecular weight is 760 g/mol. The second-order valence-corrected chi connectivity index (χ2v) is 21.1. The van der Waals surface area contributed by atoms with E-state index in [0.29, 0.717) is 0 Å². The molecule has 3 heterocycles. The topological polar surface area (TPSA) is 9.72 Å². The summed E-state index contributed by atoms with van der Waals surface area (Å²) in [5.41, 5.74) is 19.8. The van der Waals surface area contributed by atoms with Crippen molar-refractivity contribution in [3.8, 4) is 0 Å². The first kappa shape index (κ1) is 37.1. The lowest BCUT2D eigenvalue weighted by molar-refractivity contribution is 0.133. The monoisotopic (exact) mass is 759 g/mol. The molecule has 292 valence electrons. The van der Waals surface area contributed by atoms with Gasteiger partial charge in [0.05, 0.1) is 5.54 Å². The van der Waals surface area contributed by atoms with Gasteiger partial charge in [0, 0.05) is 50.9 Å². The van der Waals surface area contributed by atoms with Crippen molar-refractivity contribution < 1.29 is 0 Å². The first-order valence-corrected chi connectivity index (χ1v) is 21.5. The molecule has 4 aliphatic rings. The van der Waals surface area contributed by atoms with Crippen LogP contribution in [0.25, 0.3) is 0 Å². The molecule has 1 aliphatic carbocycles. The third-order valence-electron chi connectivity index (χ3n) is 14.6. The summed E-state index contributed by atoms with van der Waals surface area (Å²) in [6.07, 6.45) is 2.34. The molecule has 2 atom stereocenters. The Hall–Kier alpha value is -5.22. The molecule has 58 heavy (non-hydrogen) atoms. The zero-order valence-corrected chi connectivity index (χ0v) is 36.5. The minimum absolute atomic E-state index is 0.00316. The maximum Gasteiger partial charge on any atom is 0.252 e. The van der Waals surface area contributed by atoms with E-state index in [-0.39, 0.29) is 33.9 Å². The molecule has 0 bridgehead atoms. The second kappa shape index (κ2) is 12.2. The van der Waals surface area contributed by atoms with Gasteiger partial charge in [-0.15, -0.1) is 0 Å². The third kappa shape index (κ3) is 5.19. The normalized spacial score (nSPS) is 20.5. The van der Waals surface area contributed by atoms with Crippen molar-refractivity contribution in [3.05, 3.63) is 150 Å². The maximum atomic E-state index is 2.75. The number of hydrogen-bond acceptors (Lipinski definition) is 3. The van der Waals surface area contributed by atoms with Crippen LogP contribution in [0.4, 0.5) is 45.5 Å². The molecular weight excluding hydrogens is 701 g/mol. The van der Waals surface area contributed by atoms with Gasteiger partial charge in [0.25, 0.3) is 6.71 Å². The summed E-state index contributed by atoms with van der Waals surface area (Å²) >= 11 is 0. The van der Waals surface area contributed by atoms with Crippen molar-refractivity contribution in [2.24, 2.45) is 0 Å². The van der Waals surface area contributed by atoms with Gasteiger partial charge >= 0.3 is 0 Å². The van der Waals surface area contributed by atoms with Crippen LogP contribution >= 0.6 is 0 Å². The summed E-state index contributed by atoms with van der Waals surface area (Å²) in [5, 5.41) is 0. The summed E-state index contributed by atoms with van der Waals surface area (Å²) in [6.45, 7) is 26.2. The van der Waals surface area contributed by atoms with Crippen molar-refractivity contribution in [1.29, 1.82) is 0 Å². The van der Waals surface area contributed by atoms with Gasteiger partial charge in [-0.2, -0.15) is 0 Å². The summed E-state index contributed by atoms with van der Waals surface area (Å²) in [6, 6.07) is 49.4. The zero-order valence-electron chi connectivity index (χ0n) is 36.5. The highest BCUT2D eigenvalue weighted by Gasteiger charge is 2.63. The number of anilines is 8. The van der Waals surface area contributed by atoms with Crippen LogP contribution in [-0.2, 0) is 21.7 Å². The number of benzene rings is 6. The fourth-order valence-electron chi connectivity index (χ4n) is 10.7. The molecule has 6 aromatic rings. The van der Waals surface area contributed by atoms with Gasteiger partial charge < -0.3 is 14.7 Å². The Bertz CT molecular complexity index is 2640. The zero-order chi connectivity index (χ0) is 40.7. The lowest BCUT2D eigenvalue weighted by Gasteiger charge is -2.56. The highest BCUT2D eigenvalue weighted by Crippen LogP contribution is 2.66. The Balaban J connectivity index is 1.32. The molecule has 0 saturated heterocycles. The molecular formula is C54H58BN3. The minimum atomic E-state index is -0.0562. The van der Waals surface area contributed by atoms with Crippen LogP contribution in [0.2, 0.25) is 0 Å². The molecule has 0 amide bonds. The Morgan fingerprint density at radius 2 is 1.02 bits per heavy atom. The number of para-hydroxylation sites is 2. The Morgan fingerprint density at radius 3 is 1.67 bits per heavy atom. The molecule has 4 heteroatoms. The molecule has 0 spiro atoms. The molecule has 3 nitrogen and oxygen atoms in total. The van der Waals surface area contributed by atoms with E-state index in [2.05, 4.69) is 218 Å². The largest absolute Gasteiger partial charge is 0.334 e. The van der Waals surface area contributed by atoms with E-state index in [9.17, 15) is 0 Å². The SMILES string of the molecule is CC(C)(C)c1cccc(N2c3cc(C(C)(C)C)ccc3B3c4ccccc4N(c4ccccc4)c4cc(N5c6ccc(C(C)(C)C)cc6C6(C)CCC56C)cc2c43)c1. The van der Waals surface area contributed by atoms with Crippen molar-refractivity contribution >= 4 is 68.6 Å². The van der Waals surface area contributed by atoms with Gasteiger partial charge in [0.1, 0.15) is 0 Å². The standard InChI is InChI=1S/C54H58BN3/c1-50(2,3)35-18-17-21-39(30-35)57-46-32-37(52(7,8)9)24-26-43(46)55-42-22-15-16-23-45(42)56(38-19-13-12-14-20-38)47-33-40(34-48(57)49(47)55)58-44-27-25-36(51(4,5)6)31-41(44)53(10)28-29-54(53,58)11/h12-27,30-34H,28-29H2,1-11H3. The van der Waals surface area contributed by atoms with Crippen LogP contribution < -0.4 is 31.1 Å². The first-order valence-electron chi connectivity index (χ1n) is 21.5. The molecule has 0 N–H and O–H groups in total. The molecule has 3 aliphatic heterocycles. The van der Waals surface area contributed by atoms with E-state index in [4.69, 9.17) is 0 Å². The number of fused-ring (bicyclic) bond motifs is 7. The summed E-state index contributed by atoms with van der Waals surface area (Å²) < 4.78 is 0. The number of hydrogen-bond donors (Lipinski definition) is 0. The minimum Gasteiger partial charge on any atom is -0.334 e. The average Bonchev–Trinajstić information content (AvgIpc) is 3.31. The summed E-state index contributed by atoms with van der Waals surface area (Å²) in [7, 11) is 0. The van der Waals surface area contributed by atoms with Crippen molar-refractivity contribution in [3.63, 3.8) is 0 Å². The summed E-state index contributed by atoms with van der Waals surface area (Å²) in [4.78, 5) is 7.92. The molecule has 1 fully saturated rings. The van der Waals surface area contributed by atoms with E-state index in [1.807, 2.05) is 0 Å². The molecule has 1 saturated carbocycles. The van der Waals surface area contributed by atoms with E-state index in [1.54, 1.807) is 0 Å². The maximum absolute atomic E-state index is 2.75. The van der Waals surface area contributed by atoms with Gasteiger partial charge in [-0.1, -0.05) is 142 Å². The van der Waals surface area contributed by atoms with Gasteiger partial charge in [-0.25, -0.2) is 0 Å². The van der Waals surface area contributed by atoms with E-state index < -0.39 is 0 Å². The third-order valence-corrected chi connectivity index (χ3v) is 14.6. The van der Waals surface area contributed by atoms with E-state index in [1.165, 1.54) is 90.6 Å². The van der Waals surface area contributed by atoms with Gasteiger partial charge in [0.2, 0.25) is 0 Å².